The lowest BCUT2D eigenvalue weighted by atomic mass is 10.00. The van der Waals surface area contributed by atoms with Crippen molar-refractivity contribution in [3.8, 4) is 0 Å². The van der Waals surface area contributed by atoms with E-state index in [9.17, 15) is 9.59 Å². The number of aryl methyl sites for hydroxylation is 1. The predicted octanol–water partition coefficient (Wildman–Crippen LogP) is 2.26. The Labute approximate surface area is 171 Å². The van der Waals surface area contributed by atoms with Crippen molar-refractivity contribution in [1.82, 2.24) is 24.1 Å². The zero-order chi connectivity index (χ0) is 20.0. The highest BCUT2D eigenvalue weighted by Gasteiger charge is 2.22. The molecule has 7 nitrogen and oxygen atoms in total. The minimum atomic E-state index is -0.111. The molecule has 1 aliphatic heterocycles. The van der Waals surface area contributed by atoms with Gasteiger partial charge in [-0.25, -0.2) is 0 Å². The second kappa shape index (κ2) is 7.04. The van der Waals surface area contributed by atoms with Crippen LogP contribution in [0.3, 0.4) is 0 Å². The fourth-order valence-corrected chi connectivity index (χ4v) is 4.67. The zero-order valence-corrected chi connectivity index (χ0v) is 16.7. The van der Waals surface area contributed by atoms with E-state index >= 15 is 0 Å². The molecule has 0 bridgehead atoms. The van der Waals surface area contributed by atoms with Gasteiger partial charge in [0.15, 0.2) is 5.16 Å². The van der Waals surface area contributed by atoms with E-state index in [1.54, 1.807) is 13.1 Å². The number of aromatic nitrogens is 4. The maximum absolute atomic E-state index is 12.8. The summed E-state index contributed by atoms with van der Waals surface area (Å²) in [6.45, 7) is 1.38. The van der Waals surface area contributed by atoms with E-state index < -0.39 is 0 Å². The van der Waals surface area contributed by atoms with Crippen LogP contribution < -0.4 is 5.56 Å². The second-order valence-electron chi connectivity index (χ2n) is 7.12. The van der Waals surface area contributed by atoms with Crippen molar-refractivity contribution < 1.29 is 4.79 Å². The van der Waals surface area contributed by atoms with Crippen LogP contribution in [0.25, 0.3) is 16.7 Å². The lowest BCUT2D eigenvalue weighted by Crippen LogP contribution is -2.37. The molecule has 2 aromatic carbocycles. The van der Waals surface area contributed by atoms with E-state index in [0.29, 0.717) is 22.9 Å². The van der Waals surface area contributed by atoms with E-state index in [1.807, 2.05) is 39.6 Å². The van der Waals surface area contributed by atoms with Crippen LogP contribution >= 0.6 is 11.8 Å². The number of thioether (sulfide) groups is 1. The summed E-state index contributed by atoms with van der Waals surface area (Å²) in [4.78, 5) is 27.3. The molecular weight excluding hydrogens is 386 g/mol. The first kappa shape index (κ1) is 17.9. The second-order valence-corrected chi connectivity index (χ2v) is 8.06. The molecule has 146 valence electrons. The van der Waals surface area contributed by atoms with Crippen LogP contribution in [0.4, 0.5) is 0 Å². The summed E-state index contributed by atoms with van der Waals surface area (Å²) in [6.07, 6.45) is 0.882. The van der Waals surface area contributed by atoms with Gasteiger partial charge in [0.25, 0.3) is 5.56 Å². The molecule has 0 saturated heterocycles. The number of hydrogen-bond donors (Lipinski definition) is 0. The summed E-state index contributed by atoms with van der Waals surface area (Å²) in [5.74, 6) is 0.825. The van der Waals surface area contributed by atoms with Gasteiger partial charge in [-0.05, 0) is 29.7 Å². The van der Waals surface area contributed by atoms with Crippen molar-refractivity contribution in [2.45, 2.75) is 18.1 Å². The van der Waals surface area contributed by atoms with Crippen LogP contribution in [0, 0.1) is 0 Å². The molecule has 0 N–H and O–H groups in total. The monoisotopic (exact) mass is 405 g/mol. The number of nitrogens with zero attached hydrogens (tertiary/aromatic N) is 5. The third kappa shape index (κ3) is 3.00. The van der Waals surface area contributed by atoms with Gasteiger partial charge in [-0.15, -0.1) is 10.2 Å². The maximum atomic E-state index is 12.8. The van der Waals surface area contributed by atoms with Gasteiger partial charge < -0.3 is 4.90 Å². The average Bonchev–Trinajstić information content (AvgIpc) is 3.19. The largest absolute Gasteiger partial charge is 0.337 e. The molecule has 0 saturated carbocycles. The van der Waals surface area contributed by atoms with E-state index in [1.165, 1.54) is 27.5 Å². The summed E-state index contributed by atoms with van der Waals surface area (Å²) < 4.78 is 3.34. The van der Waals surface area contributed by atoms with E-state index in [-0.39, 0.29) is 17.2 Å². The van der Waals surface area contributed by atoms with Gasteiger partial charge in [-0.3, -0.25) is 18.6 Å². The molecule has 0 fully saturated rings. The third-order valence-corrected chi connectivity index (χ3v) is 6.32. The zero-order valence-electron chi connectivity index (χ0n) is 15.9. The quantitative estimate of drug-likeness (QED) is 0.489. The van der Waals surface area contributed by atoms with Crippen molar-refractivity contribution in [3.63, 3.8) is 0 Å². The molecule has 1 amide bonds. The molecule has 0 unspecified atom stereocenters. The molecule has 2 aromatic heterocycles. The summed E-state index contributed by atoms with van der Waals surface area (Å²) in [5.41, 5.74) is 3.17. The molecule has 1 aliphatic rings. The smallest absolute Gasteiger partial charge is 0.262 e. The molecule has 0 atom stereocenters. The normalized spacial score (nSPS) is 13.8. The summed E-state index contributed by atoms with van der Waals surface area (Å²) in [6, 6.07) is 15.7. The van der Waals surface area contributed by atoms with E-state index in [2.05, 4.69) is 22.3 Å². The van der Waals surface area contributed by atoms with Crippen molar-refractivity contribution in [1.29, 1.82) is 0 Å². The molecule has 3 heterocycles. The number of amides is 1. The predicted molar refractivity (Wildman–Crippen MR) is 112 cm³/mol. The van der Waals surface area contributed by atoms with Gasteiger partial charge in [-0.1, -0.05) is 48.2 Å². The van der Waals surface area contributed by atoms with Crippen LogP contribution in [-0.2, 0) is 24.8 Å². The standard InChI is InChI=1S/C21H19N5O2S/c1-24-19(28)16-8-4-5-9-17(16)26-20(24)22-23-21(26)29-13-18(27)25-11-10-14-6-2-3-7-15(14)12-25/h2-9H,10-13H2,1H3. The summed E-state index contributed by atoms with van der Waals surface area (Å²) in [7, 11) is 1.68. The van der Waals surface area contributed by atoms with Crippen LogP contribution in [0.15, 0.2) is 58.5 Å². The summed E-state index contributed by atoms with van der Waals surface area (Å²) >= 11 is 1.35. The Kier molecular flexibility index (Phi) is 4.35. The molecule has 8 heteroatoms. The lowest BCUT2D eigenvalue weighted by Gasteiger charge is -2.28. The Morgan fingerprint density at radius 1 is 1.07 bits per heavy atom. The number of carbonyl (C=O) groups is 1. The highest BCUT2D eigenvalue weighted by Crippen LogP contribution is 2.23. The summed E-state index contributed by atoms with van der Waals surface area (Å²) in [5, 5.41) is 9.63. The van der Waals surface area contributed by atoms with Crippen molar-refractivity contribution in [2.75, 3.05) is 12.3 Å². The van der Waals surface area contributed by atoms with Gasteiger partial charge in [0.05, 0.1) is 16.7 Å². The topological polar surface area (TPSA) is 72.5 Å². The fourth-order valence-electron chi connectivity index (χ4n) is 3.83. The SMILES string of the molecule is Cn1c(=O)c2ccccc2n2c(SCC(=O)N3CCc4ccccc4C3)nnc12. The molecule has 0 aliphatic carbocycles. The average molecular weight is 405 g/mol. The fraction of sp³-hybridized carbons (Fsp3) is 0.238. The first-order chi connectivity index (χ1) is 14.1. The molecule has 29 heavy (non-hydrogen) atoms. The van der Waals surface area contributed by atoms with Gasteiger partial charge in [-0.2, -0.15) is 0 Å². The lowest BCUT2D eigenvalue weighted by molar-refractivity contribution is -0.129. The van der Waals surface area contributed by atoms with Crippen LogP contribution in [0.2, 0.25) is 0 Å². The number of benzene rings is 2. The number of hydrogen-bond acceptors (Lipinski definition) is 5. The molecule has 0 spiro atoms. The van der Waals surface area contributed by atoms with E-state index in [4.69, 9.17) is 0 Å². The maximum Gasteiger partial charge on any atom is 0.262 e. The minimum absolute atomic E-state index is 0.0791. The Morgan fingerprint density at radius 3 is 2.69 bits per heavy atom. The molecule has 0 radical (unpaired) electrons. The highest BCUT2D eigenvalue weighted by molar-refractivity contribution is 7.99. The van der Waals surface area contributed by atoms with E-state index in [0.717, 1.165) is 18.5 Å². The minimum Gasteiger partial charge on any atom is -0.337 e. The number of fused-ring (bicyclic) bond motifs is 4. The van der Waals surface area contributed by atoms with Crippen molar-refractivity contribution in [2.24, 2.45) is 7.05 Å². The van der Waals surface area contributed by atoms with Gasteiger partial charge in [0.2, 0.25) is 11.7 Å². The Hall–Kier alpha value is -3.13. The van der Waals surface area contributed by atoms with Crippen LogP contribution in [0.5, 0.6) is 0 Å². The molecular formula is C21H19N5O2S. The van der Waals surface area contributed by atoms with Gasteiger partial charge in [0, 0.05) is 20.1 Å². The highest BCUT2D eigenvalue weighted by atomic mass is 32.2. The Balaban J connectivity index is 1.42. The van der Waals surface area contributed by atoms with Crippen LogP contribution in [-0.4, -0.2) is 42.3 Å². The Bertz CT molecular complexity index is 1310. The number of carbonyl (C=O) groups excluding carboxylic acids is 1. The Morgan fingerprint density at radius 2 is 1.83 bits per heavy atom. The van der Waals surface area contributed by atoms with Crippen LogP contribution in [0.1, 0.15) is 11.1 Å². The number of para-hydroxylation sites is 1. The van der Waals surface area contributed by atoms with Crippen molar-refractivity contribution >= 4 is 34.3 Å². The number of rotatable bonds is 3. The first-order valence-electron chi connectivity index (χ1n) is 9.43. The third-order valence-electron chi connectivity index (χ3n) is 5.40. The first-order valence-corrected chi connectivity index (χ1v) is 10.4. The molecule has 5 rings (SSSR count). The van der Waals surface area contributed by atoms with Gasteiger partial charge in [0.1, 0.15) is 0 Å². The van der Waals surface area contributed by atoms with Gasteiger partial charge >= 0.3 is 0 Å². The van der Waals surface area contributed by atoms with Crippen molar-refractivity contribution in [3.05, 3.63) is 70.0 Å². The molecule has 4 aromatic rings.